The molecule has 1 aliphatic rings. The van der Waals surface area contributed by atoms with Crippen molar-refractivity contribution in [3.8, 4) is 5.75 Å². The van der Waals surface area contributed by atoms with Gasteiger partial charge in [0.05, 0.1) is 12.7 Å². The molecule has 0 aromatic carbocycles. The van der Waals surface area contributed by atoms with Gasteiger partial charge in [0.15, 0.2) is 5.96 Å². The molecule has 0 spiro atoms. The van der Waals surface area contributed by atoms with Gasteiger partial charge in [-0.3, -0.25) is 9.98 Å². The summed E-state index contributed by atoms with van der Waals surface area (Å²) in [6.45, 7) is 2.30. The Hall–Kier alpha value is -1.78. The molecular weight excluding hydrogens is 276 g/mol. The number of hydrogen-bond donors (Lipinski definition) is 2. The zero-order chi connectivity index (χ0) is 15.5. The molecule has 0 amide bonds. The monoisotopic (exact) mass is 304 g/mol. The van der Waals surface area contributed by atoms with Crippen molar-refractivity contribution in [3.05, 3.63) is 24.5 Å². The fraction of sp³-hybridized carbons (Fsp3) is 0.647. The van der Waals surface area contributed by atoms with Crippen molar-refractivity contribution in [1.82, 2.24) is 15.6 Å². The van der Waals surface area contributed by atoms with Gasteiger partial charge in [-0.2, -0.15) is 0 Å². The highest BCUT2D eigenvalue weighted by molar-refractivity contribution is 5.79. The van der Waals surface area contributed by atoms with E-state index < -0.39 is 0 Å². The number of guanidine groups is 1. The second-order valence-corrected chi connectivity index (χ2v) is 5.76. The Morgan fingerprint density at radius 2 is 2.14 bits per heavy atom. The number of aliphatic imine (C=N–C) groups is 1. The molecule has 122 valence electrons. The van der Waals surface area contributed by atoms with E-state index in [0.29, 0.717) is 6.61 Å². The van der Waals surface area contributed by atoms with E-state index in [1.54, 1.807) is 19.4 Å². The fourth-order valence-corrected chi connectivity index (χ4v) is 2.89. The Bertz CT molecular complexity index is 430. The molecule has 0 atom stereocenters. The van der Waals surface area contributed by atoms with Gasteiger partial charge in [-0.05, 0) is 30.9 Å². The first kappa shape index (κ1) is 16.6. The number of ether oxygens (including phenoxy) is 1. The van der Waals surface area contributed by atoms with Crippen LogP contribution in [0.25, 0.3) is 0 Å². The lowest BCUT2D eigenvalue weighted by molar-refractivity contribution is 0.320. The van der Waals surface area contributed by atoms with Gasteiger partial charge in [0.2, 0.25) is 0 Å². The van der Waals surface area contributed by atoms with Crippen LogP contribution in [-0.2, 0) is 0 Å². The molecule has 2 N–H and O–H groups in total. The largest absolute Gasteiger partial charge is 0.490 e. The minimum absolute atomic E-state index is 0.592. The Morgan fingerprint density at radius 1 is 1.32 bits per heavy atom. The third-order valence-electron chi connectivity index (χ3n) is 4.08. The second kappa shape index (κ2) is 10.0. The minimum atomic E-state index is 0.592. The maximum atomic E-state index is 5.59. The number of pyridine rings is 1. The molecule has 0 aliphatic heterocycles. The molecule has 1 aromatic heterocycles. The first-order chi connectivity index (χ1) is 10.9. The first-order valence-corrected chi connectivity index (χ1v) is 8.36. The van der Waals surface area contributed by atoms with Crippen LogP contribution in [0.1, 0.15) is 38.5 Å². The Labute approximate surface area is 133 Å². The molecule has 2 rings (SSSR count). The molecule has 5 heteroatoms. The molecule has 1 saturated carbocycles. The minimum Gasteiger partial charge on any atom is -0.490 e. The normalized spacial score (nSPS) is 15.8. The molecule has 1 heterocycles. The van der Waals surface area contributed by atoms with Crippen LogP contribution in [0.15, 0.2) is 29.5 Å². The van der Waals surface area contributed by atoms with Crippen LogP contribution in [0.3, 0.4) is 0 Å². The van der Waals surface area contributed by atoms with Crippen molar-refractivity contribution in [2.24, 2.45) is 10.9 Å². The molecule has 0 bridgehead atoms. The molecule has 1 aromatic rings. The fourth-order valence-electron chi connectivity index (χ4n) is 2.89. The maximum Gasteiger partial charge on any atom is 0.191 e. The quantitative estimate of drug-likeness (QED) is 0.440. The van der Waals surface area contributed by atoms with Gasteiger partial charge in [0.1, 0.15) is 12.4 Å². The molecule has 1 fully saturated rings. The second-order valence-electron chi connectivity index (χ2n) is 5.76. The van der Waals surface area contributed by atoms with Crippen molar-refractivity contribution >= 4 is 5.96 Å². The summed E-state index contributed by atoms with van der Waals surface area (Å²) in [5, 5.41) is 6.62. The molecule has 0 radical (unpaired) electrons. The van der Waals surface area contributed by atoms with Gasteiger partial charge in [-0.1, -0.05) is 25.7 Å². The summed E-state index contributed by atoms with van der Waals surface area (Å²) in [5.41, 5.74) is 0. The van der Waals surface area contributed by atoms with E-state index >= 15 is 0 Å². The number of nitrogens with one attached hydrogen (secondary N) is 2. The van der Waals surface area contributed by atoms with Crippen molar-refractivity contribution < 1.29 is 4.74 Å². The average Bonchev–Trinajstić information content (AvgIpc) is 3.08. The van der Waals surface area contributed by atoms with Crippen molar-refractivity contribution in [2.75, 3.05) is 26.7 Å². The predicted molar refractivity (Wildman–Crippen MR) is 90.3 cm³/mol. The highest BCUT2D eigenvalue weighted by Crippen LogP contribution is 2.28. The van der Waals surface area contributed by atoms with Gasteiger partial charge < -0.3 is 15.4 Å². The SMILES string of the molecule is CN=C(NCCCC1CCCC1)NCCOc1cccnc1. The zero-order valence-corrected chi connectivity index (χ0v) is 13.6. The van der Waals surface area contributed by atoms with E-state index in [-0.39, 0.29) is 0 Å². The summed E-state index contributed by atoms with van der Waals surface area (Å²) < 4.78 is 5.59. The third kappa shape index (κ3) is 6.33. The molecule has 1 aliphatic carbocycles. The first-order valence-electron chi connectivity index (χ1n) is 8.36. The topological polar surface area (TPSA) is 58.5 Å². The van der Waals surface area contributed by atoms with Crippen LogP contribution in [-0.4, -0.2) is 37.7 Å². The maximum absolute atomic E-state index is 5.59. The Balaban J connectivity index is 1.51. The van der Waals surface area contributed by atoms with Crippen molar-refractivity contribution in [2.45, 2.75) is 38.5 Å². The van der Waals surface area contributed by atoms with Gasteiger partial charge >= 0.3 is 0 Å². The predicted octanol–water partition coefficient (Wildman–Crippen LogP) is 2.60. The Morgan fingerprint density at radius 3 is 2.86 bits per heavy atom. The van der Waals surface area contributed by atoms with Crippen LogP contribution in [0.2, 0.25) is 0 Å². The van der Waals surface area contributed by atoms with Crippen LogP contribution < -0.4 is 15.4 Å². The summed E-state index contributed by atoms with van der Waals surface area (Å²) in [6.07, 6.45) is 11.7. The van der Waals surface area contributed by atoms with E-state index in [2.05, 4.69) is 20.6 Å². The summed E-state index contributed by atoms with van der Waals surface area (Å²) in [6, 6.07) is 3.77. The average molecular weight is 304 g/mol. The van der Waals surface area contributed by atoms with Gasteiger partial charge in [-0.25, -0.2) is 0 Å². The van der Waals surface area contributed by atoms with E-state index in [4.69, 9.17) is 4.74 Å². The van der Waals surface area contributed by atoms with E-state index in [9.17, 15) is 0 Å². The van der Waals surface area contributed by atoms with E-state index in [0.717, 1.165) is 30.7 Å². The highest BCUT2D eigenvalue weighted by Gasteiger charge is 2.13. The summed E-state index contributed by atoms with van der Waals surface area (Å²) in [7, 11) is 1.80. The van der Waals surface area contributed by atoms with Crippen LogP contribution in [0.4, 0.5) is 0 Å². The number of rotatable bonds is 8. The molecule has 0 saturated heterocycles. The summed E-state index contributed by atoms with van der Waals surface area (Å²) in [4.78, 5) is 8.24. The smallest absolute Gasteiger partial charge is 0.191 e. The third-order valence-corrected chi connectivity index (χ3v) is 4.08. The number of hydrogen-bond acceptors (Lipinski definition) is 3. The summed E-state index contributed by atoms with van der Waals surface area (Å²) >= 11 is 0. The molecular formula is C17H28N4O. The van der Waals surface area contributed by atoms with Crippen LogP contribution >= 0.6 is 0 Å². The highest BCUT2D eigenvalue weighted by atomic mass is 16.5. The lowest BCUT2D eigenvalue weighted by Crippen LogP contribution is -2.39. The molecule has 22 heavy (non-hydrogen) atoms. The molecule has 0 unspecified atom stereocenters. The van der Waals surface area contributed by atoms with E-state index in [1.165, 1.54) is 38.5 Å². The van der Waals surface area contributed by atoms with Gasteiger partial charge in [0.25, 0.3) is 0 Å². The van der Waals surface area contributed by atoms with Crippen molar-refractivity contribution in [3.63, 3.8) is 0 Å². The standard InChI is InChI=1S/C17H28N4O/c1-18-17(20-11-4-8-15-6-2-3-7-15)21-12-13-22-16-9-5-10-19-14-16/h5,9-10,14-15H,2-4,6-8,11-13H2,1H3,(H2,18,20,21). The van der Waals surface area contributed by atoms with Gasteiger partial charge in [-0.15, -0.1) is 0 Å². The van der Waals surface area contributed by atoms with Crippen LogP contribution in [0, 0.1) is 5.92 Å². The van der Waals surface area contributed by atoms with E-state index in [1.807, 2.05) is 12.1 Å². The Kier molecular flexibility index (Phi) is 7.56. The lowest BCUT2D eigenvalue weighted by atomic mass is 10.0. The lowest BCUT2D eigenvalue weighted by Gasteiger charge is -2.13. The van der Waals surface area contributed by atoms with Gasteiger partial charge in [0, 0.05) is 19.8 Å². The number of aromatic nitrogens is 1. The number of nitrogens with zero attached hydrogens (tertiary/aromatic N) is 2. The summed E-state index contributed by atoms with van der Waals surface area (Å²) in [5.74, 6) is 2.61. The van der Waals surface area contributed by atoms with Crippen LogP contribution in [0.5, 0.6) is 5.75 Å². The molecule has 5 nitrogen and oxygen atoms in total. The zero-order valence-electron chi connectivity index (χ0n) is 13.6. The van der Waals surface area contributed by atoms with Crippen molar-refractivity contribution in [1.29, 1.82) is 0 Å².